The van der Waals surface area contributed by atoms with Crippen molar-refractivity contribution in [3.63, 3.8) is 0 Å². The second-order valence-corrected chi connectivity index (χ2v) is 3.92. The molecule has 0 unspecified atom stereocenters. The van der Waals surface area contributed by atoms with Gasteiger partial charge in [0.1, 0.15) is 11.6 Å². The molecule has 0 saturated heterocycles. The highest BCUT2D eigenvalue weighted by Gasteiger charge is 2.04. The summed E-state index contributed by atoms with van der Waals surface area (Å²) in [4.78, 5) is 4.12. The number of benzene rings is 1. The highest BCUT2D eigenvalue weighted by Crippen LogP contribution is 2.10. The molecule has 0 atom stereocenters. The standard InChI is InChI=1S/C10H9BrFN3/c1-7-13-10(11)15(14-7)6-8-2-4-9(12)5-3-8/h2-5H,6H2,1H3. The third-order valence-corrected chi connectivity index (χ3v) is 2.56. The molecule has 0 saturated carbocycles. The molecule has 0 aliphatic carbocycles. The van der Waals surface area contributed by atoms with Crippen molar-refractivity contribution in [2.45, 2.75) is 13.5 Å². The van der Waals surface area contributed by atoms with Crippen molar-refractivity contribution in [1.29, 1.82) is 0 Å². The van der Waals surface area contributed by atoms with Crippen LogP contribution >= 0.6 is 15.9 Å². The van der Waals surface area contributed by atoms with Crippen LogP contribution in [0, 0.1) is 12.7 Å². The topological polar surface area (TPSA) is 30.7 Å². The van der Waals surface area contributed by atoms with Gasteiger partial charge in [-0.2, -0.15) is 5.10 Å². The largest absolute Gasteiger partial charge is 0.236 e. The zero-order valence-electron chi connectivity index (χ0n) is 8.11. The summed E-state index contributed by atoms with van der Waals surface area (Å²) >= 11 is 3.30. The average Bonchev–Trinajstić information content (AvgIpc) is 2.49. The van der Waals surface area contributed by atoms with Gasteiger partial charge in [0.2, 0.25) is 0 Å². The third kappa shape index (κ3) is 2.41. The molecule has 0 spiro atoms. The Morgan fingerprint density at radius 2 is 2.00 bits per heavy atom. The minimum atomic E-state index is -0.229. The molecule has 0 amide bonds. The lowest BCUT2D eigenvalue weighted by atomic mass is 10.2. The number of aromatic nitrogens is 3. The molecule has 1 aromatic carbocycles. The van der Waals surface area contributed by atoms with Crippen molar-refractivity contribution < 1.29 is 4.39 Å². The van der Waals surface area contributed by atoms with E-state index in [0.717, 1.165) is 5.56 Å². The zero-order valence-corrected chi connectivity index (χ0v) is 9.70. The van der Waals surface area contributed by atoms with Crippen LogP contribution in [0.2, 0.25) is 0 Å². The van der Waals surface area contributed by atoms with Crippen molar-refractivity contribution in [2.24, 2.45) is 0 Å². The molecule has 0 fully saturated rings. The van der Waals surface area contributed by atoms with Gasteiger partial charge in [-0.3, -0.25) is 0 Å². The number of rotatable bonds is 2. The summed E-state index contributed by atoms with van der Waals surface area (Å²) in [7, 11) is 0. The van der Waals surface area contributed by atoms with Crippen molar-refractivity contribution in [2.75, 3.05) is 0 Å². The lowest BCUT2D eigenvalue weighted by Crippen LogP contribution is -2.02. The van der Waals surface area contributed by atoms with Gasteiger partial charge in [-0.05, 0) is 40.5 Å². The van der Waals surface area contributed by atoms with Crippen molar-refractivity contribution >= 4 is 15.9 Å². The van der Waals surface area contributed by atoms with Gasteiger partial charge < -0.3 is 0 Å². The maximum absolute atomic E-state index is 12.7. The van der Waals surface area contributed by atoms with E-state index in [1.165, 1.54) is 12.1 Å². The molecular formula is C10H9BrFN3. The maximum atomic E-state index is 12.7. The Morgan fingerprint density at radius 1 is 1.33 bits per heavy atom. The fourth-order valence-corrected chi connectivity index (χ4v) is 1.75. The summed E-state index contributed by atoms with van der Waals surface area (Å²) in [5.74, 6) is 0.483. The molecule has 0 aliphatic heterocycles. The Balaban J connectivity index is 2.21. The summed E-state index contributed by atoms with van der Waals surface area (Å²) in [5.41, 5.74) is 0.988. The van der Waals surface area contributed by atoms with Gasteiger partial charge in [-0.1, -0.05) is 12.1 Å². The number of hydrogen-bond donors (Lipinski definition) is 0. The Bertz CT molecular complexity index is 464. The van der Waals surface area contributed by atoms with Crippen LogP contribution in [0.1, 0.15) is 11.4 Å². The van der Waals surface area contributed by atoms with Gasteiger partial charge in [0, 0.05) is 0 Å². The molecule has 0 bridgehead atoms. The first-order valence-electron chi connectivity index (χ1n) is 4.46. The number of nitrogens with zero attached hydrogens (tertiary/aromatic N) is 3. The second kappa shape index (κ2) is 4.10. The first-order valence-corrected chi connectivity index (χ1v) is 5.26. The summed E-state index contributed by atoms with van der Waals surface area (Å²) in [6.45, 7) is 2.41. The number of hydrogen-bond acceptors (Lipinski definition) is 2. The van der Waals surface area contributed by atoms with Crippen LogP contribution in [0.25, 0.3) is 0 Å². The van der Waals surface area contributed by atoms with Crippen LogP contribution in [-0.4, -0.2) is 14.8 Å². The summed E-state index contributed by atoms with van der Waals surface area (Å²) in [6.07, 6.45) is 0. The molecule has 78 valence electrons. The molecule has 0 N–H and O–H groups in total. The molecule has 1 aromatic heterocycles. The van der Waals surface area contributed by atoms with Gasteiger partial charge in [0.05, 0.1) is 6.54 Å². The van der Waals surface area contributed by atoms with E-state index in [1.54, 1.807) is 16.8 Å². The van der Waals surface area contributed by atoms with Crippen molar-refractivity contribution in [1.82, 2.24) is 14.8 Å². The zero-order chi connectivity index (χ0) is 10.8. The van der Waals surface area contributed by atoms with E-state index in [1.807, 2.05) is 6.92 Å². The van der Waals surface area contributed by atoms with Gasteiger partial charge in [0.15, 0.2) is 4.73 Å². The predicted octanol–water partition coefficient (Wildman–Crippen LogP) is 2.54. The Hall–Kier alpha value is -1.23. The van der Waals surface area contributed by atoms with Crippen LogP contribution in [0.3, 0.4) is 0 Å². The summed E-state index contributed by atoms with van der Waals surface area (Å²) < 4.78 is 15.1. The minimum absolute atomic E-state index is 0.229. The van der Waals surface area contributed by atoms with Crippen molar-refractivity contribution in [3.8, 4) is 0 Å². The first-order chi connectivity index (χ1) is 7.15. The van der Waals surface area contributed by atoms with Crippen molar-refractivity contribution in [3.05, 3.63) is 46.2 Å². The van der Waals surface area contributed by atoms with E-state index in [0.29, 0.717) is 17.1 Å². The Kier molecular flexibility index (Phi) is 2.81. The highest BCUT2D eigenvalue weighted by molar-refractivity contribution is 9.10. The fourth-order valence-electron chi connectivity index (χ4n) is 1.29. The van der Waals surface area contributed by atoms with Crippen LogP contribution < -0.4 is 0 Å². The highest BCUT2D eigenvalue weighted by atomic mass is 79.9. The molecular weight excluding hydrogens is 261 g/mol. The number of halogens is 2. The SMILES string of the molecule is Cc1nc(Br)n(Cc2ccc(F)cc2)n1. The maximum Gasteiger partial charge on any atom is 0.195 e. The van der Waals surface area contributed by atoms with Gasteiger partial charge in [0.25, 0.3) is 0 Å². The molecule has 2 rings (SSSR count). The van der Waals surface area contributed by atoms with Crippen LogP contribution in [-0.2, 0) is 6.54 Å². The predicted molar refractivity (Wildman–Crippen MR) is 58.0 cm³/mol. The monoisotopic (exact) mass is 269 g/mol. The molecule has 15 heavy (non-hydrogen) atoms. The van der Waals surface area contributed by atoms with E-state index >= 15 is 0 Å². The Morgan fingerprint density at radius 3 is 2.53 bits per heavy atom. The number of aryl methyl sites for hydroxylation is 1. The average molecular weight is 270 g/mol. The van der Waals surface area contributed by atoms with Gasteiger partial charge in [-0.25, -0.2) is 14.1 Å². The lowest BCUT2D eigenvalue weighted by Gasteiger charge is -2.01. The molecule has 0 aliphatic rings. The molecule has 5 heteroatoms. The van der Waals surface area contributed by atoms with Crippen LogP contribution in [0.5, 0.6) is 0 Å². The van der Waals surface area contributed by atoms with E-state index in [9.17, 15) is 4.39 Å². The fraction of sp³-hybridized carbons (Fsp3) is 0.200. The molecule has 3 nitrogen and oxygen atoms in total. The smallest absolute Gasteiger partial charge is 0.195 e. The summed E-state index contributed by atoms with van der Waals surface area (Å²) in [5, 5.41) is 4.19. The quantitative estimate of drug-likeness (QED) is 0.839. The van der Waals surface area contributed by atoms with Gasteiger partial charge >= 0.3 is 0 Å². The van der Waals surface area contributed by atoms with Crippen LogP contribution in [0.15, 0.2) is 29.0 Å². The van der Waals surface area contributed by atoms with Gasteiger partial charge in [-0.15, -0.1) is 0 Å². The third-order valence-electron chi connectivity index (χ3n) is 1.98. The van der Waals surface area contributed by atoms with E-state index in [4.69, 9.17) is 0 Å². The molecule has 1 heterocycles. The summed E-state index contributed by atoms with van der Waals surface area (Å²) in [6, 6.07) is 6.34. The Labute approximate surface area is 95.1 Å². The second-order valence-electron chi connectivity index (χ2n) is 3.21. The molecule has 2 aromatic rings. The lowest BCUT2D eigenvalue weighted by molar-refractivity contribution is 0.623. The van der Waals surface area contributed by atoms with E-state index in [2.05, 4.69) is 26.0 Å². The first kappa shape index (κ1) is 10.3. The van der Waals surface area contributed by atoms with E-state index in [-0.39, 0.29) is 5.82 Å². The van der Waals surface area contributed by atoms with E-state index < -0.39 is 0 Å². The minimum Gasteiger partial charge on any atom is -0.236 e. The normalized spacial score (nSPS) is 10.6. The molecule has 0 radical (unpaired) electrons. The van der Waals surface area contributed by atoms with Crippen LogP contribution in [0.4, 0.5) is 4.39 Å².